The Morgan fingerprint density at radius 2 is 2.19 bits per heavy atom. The Labute approximate surface area is 131 Å². The maximum Gasteiger partial charge on any atom is 0.255 e. The van der Waals surface area contributed by atoms with E-state index in [2.05, 4.69) is 25.9 Å². The molecule has 1 unspecified atom stereocenters. The van der Waals surface area contributed by atoms with Gasteiger partial charge in [-0.05, 0) is 28.1 Å². The summed E-state index contributed by atoms with van der Waals surface area (Å²) in [6.45, 7) is 1.25. The van der Waals surface area contributed by atoms with Crippen LogP contribution in [0.2, 0.25) is 0 Å². The number of amides is 1. The van der Waals surface area contributed by atoms with Crippen LogP contribution in [0.3, 0.4) is 0 Å². The molecule has 0 aliphatic carbocycles. The van der Waals surface area contributed by atoms with Crippen LogP contribution in [0.5, 0.6) is 5.88 Å². The number of carbonyl (C=O) groups is 1. The minimum absolute atomic E-state index is 0.0210. The first kappa shape index (κ1) is 14.0. The molecular weight excluding hydrogens is 334 g/mol. The lowest BCUT2D eigenvalue weighted by Crippen LogP contribution is -2.31. The maximum atomic E-state index is 12.5. The quantitative estimate of drug-likeness (QED) is 0.855. The number of hydrogen-bond acceptors (Lipinski definition) is 4. The lowest BCUT2D eigenvalue weighted by molar-refractivity contribution is 0.0770. The molecule has 1 aromatic heterocycles. The van der Waals surface area contributed by atoms with E-state index in [9.17, 15) is 4.79 Å². The van der Waals surface area contributed by atoms with Crippen molar-refractivity contribution < 1.29 is 9.53 Å². The van der Waals surface area contributed by atoms with Crippen molar-refractivity contribution in [3.05, 3.63) is 52.9 Å². The van der Waals surface area contributed by atoms with Gasteiger partial charge in [0.05, 0.1) is 18.3 Å². The molecule has 5 nitrogen and oxygen atoms in total. The van der Waals surface area contributed by atoms with E-state index in [0.717, 1.165) is 10.9 Å². The summed E-state index contributed by atoms with van der Waals surface area (Å²) >= 11 is 3.42. The van der Waals surface area contributed by atoms with Gasteiger partial charge in [0.15, 0.2) is 0 Å². The zero-order valence-corrected chi connectivity index (χ0v) is 12.9. The summed E-state index contributed by atoms with van der Waals surface area (Å²) in [6.07, 6.45) is 5.54. The normalized spacial score (nSPS) is 17.8. The molecule has 1 saturated heterocycles. The lowest BCUT2D eigenvalue weighted by Gasteiger charge is -2.17. The number of ether oxygens (including phenoxy) is 1. The SMILES string of the molecule is O=C(c1ccccc1Br)N1CCC(Oc2cnccn2)C1. The Hall–Kier alpha value is -1.95. The Balaban J connectivity index is 1.65. The Bertz CT molecular complexity index is 636. The molecule has 2 aromatic rings. The standard InChI is InChI=1S/C15H14BrN3O2/c16-13-4-2-1-3-12(13)15(20)19-8-5-11(10-19)21-14-9-17-6-7-18-14/h1-4,6-7,9,11H,5,8,10H2. The number of nitrogens with zero attached hydrogens (tertiary/aromatic N) is 3. The van der Waals surface area contributed by atoms with Gasteiger partial charge in [0.2, 0.25) is 5.88 Å². The van der Waals surface area contributed by atoms with Gasteiger partial charge < -0.3 is 9.64 Å². The zero-order chi connectivity index (χ0) is 14.7. The van der Waals surface area contributed by atoms with Crippen LogP contribution in [0.15, 0.2) is 47.3 Å². The average molecular weight is 348 g/mol. The molecule has 0 N–H and O–H groups in total. The van der Waals surface area contributed by atoms with Crippen LogP contribution in [0.25, 0.3) is 0 Å². The first-order valence-electron chi connectivity index (χ1n) is 6.70. The smallest absolute Gasteiger partial charge is 0.255 e. The Morgan fingerprint density at radius 3 is 2.95 bits per heavy atom. The van der Waals surface area contributed by atoms with E-state index in [1.165, 1.54) is 0 Å². The van der Waals surface area contributed by atoms with Crippen molar-refractivity contribution in [1.29, 1.82) is 0 Å². The highest BCUT2D eigenvalue weighted by Crippen LogP contribution is 2.22. The third kappa shape index (κ3) is 3.21. The van der Waals surface area contributed by atoms with E-state index >= 15 is 0 Å². The van der Waals surface area contributed by atoms with Gasteiger partial charge in [-0.3, -0.25) is 9.78 Å². The number of halogens is 1. The van der Waals surface area contributed by atoms with E-state index in [4.69, 9.17) is 4.74 Å². The number of aromatic nitrogens is 2. The molecule has 1 fully saturated rings. The molecule has 2 heterocycles. The minimum atomic E-state index is -0.0341. The highest BCUT2D eigenvalue weighted by atomic mass is 79.9. The molecular formula is C15H14BrN3O2. The van der Waals surface area contributed by atoms with Crippen molar-refractivity contribution in [2.24, 2.45) is 0 Å². The second-order valence-electron chi connectivity index (χ2n) is 4.80. The average Bonchev–Trinajstić information content (AvgIpc) is 2.97. The van der Waals surface area contributed by atoms with Crippen molar-refractivity contribution in [2.75, 3.05) is 13.1 Å². The van der Waals surface area contributed by atoms with Gasteiger partial charge >= 0.3 is 0 Å². The molecule has 0 spiro atoms. The topological polar surface area (TPSA) is 55.3 Å². The van der Waals surface area contributed by atoms with E-state index in [1.807, 2.05) is 24.3 Å². The second-order valence-corrected chi connectivity index (χ2v) is 5.66. The summed E-state index contributed by atoms with van der Waals surface area (Å²) in [5.74, 6) is 0.519. The fraction of sp³-hybridized carbons (Fsp3) is 0.267. The molecule has 0 saturated carbocycles. The van der Waals surface area contributed by atoms with Crippen LogP contribution in [-0.4, -0.2) is 40.0 Å². The third-order valence-corrected chi connectivity index (χ3v) is 4.05. The molecule has 1 aromatic carbocycles. The van der Waals surface area contributed by atoms with Crippen LogP contribution < -0.4 is 4.74 Å². The molecule has 108 valence electrons. The number of carbonyl (C=O) groups excluding carboxylic acids is 1. The van der Waals surface area contributed by atoms with Crippen LogP contribution in [0.1, 0.15) is 16.8 Å². The summed E-state index contributed by atoms with van der Waals surface area (Å²) in [6, 6.07) is 7.45. The molecule has 1 aliphatic rings. The number of hydrogen-bond donors (Lipinski definition) is 0. The number of rotatable bonds is 3. The summed E-state index contributed by atoms with van der Waals surface area (Å²) in [7, 11) is 0. The van der Waals surface area contributed by atoms with E-state index in [0.29, 0.717) is 24.5 Å². The summed E-state index contributed by atoms with van der Waals surface area (Å²) in [5.41, 5.74) is 0.678. The van der Waals surface area contributed by atoms with Crippen molar-refractivity contribution in [3.8, 4) is 5.88 Å². The van der Waals surface area contributed by atoms with Gasteiger partial charge in [0.25, 0.3) is 5.91 Å². The maximum absolute atomic E-state index is 12.5. The second kappa shape index (κ2) is 6.22. The fourth-order valence-corrected chi connectivity index (χ4v) is 2.79. The molecule has 1 amide bonds. The largest absolute Gasteiger partial charge is 0.471 e. The molecule has 3 rings (SSSR count). The van der Waals surface area contributed by atoms with Crippen molar-refractivity contribution in [3.63, 3.8) is 0 Å². The van der Waals surface area contributed by atoms with E-state index in [1.54, 1.807) is 23.5 Å². The summed E-state index contributed by atoms with van der Waals surface area (Å²) in [4.78, 5) is 22.3. The molecule has 0 bridgehead atoms. The highest BCUT2D eigenvalue weighted by Gasteiger charge is 2.29. The lowest BCUT2D eigenvalue weighted by atomic mass is 10.2. The fourth-order valence-electron chi connectivity index (χ4n) is 2.33. The highest BCUT2D eigenvalue weighted by molar-refractivity contribution is 9.10. The molecule has 0 radical (unpaired) electrons. The van der Waals surface area contributed by atoms with Gasteiger partial charge in [0.1, 0.15) is 6.10 Å². The molecule has 1 aliphatic heterocycles. The zero-order valence-electron chi connectivity index (χ0n) is 11.3. The van der Waals surface area contributed by atoms with Gasteiger partial charge in [-0.1, -0.05) is 12.1 Å². The summed E-state index contributed by atoms with van der Waals surface area (Å²) in [5, 5.41) is 0. The van der Waals surface area contributed by atoms with Crippen LogP contribution in [0, 0.1) is 0 Å². The minimum Gasteiger partial charge on any atom is -0.471 e. The van der Waals surface area contributed by atoms with Gasteiger partial charge in [0, 0.05) is 29.8 Å². The van der Waals surface area contributed by atoms with E-state index in [-0.39, 0.29) is 12.0 Å². The molecule has 21 heavy (non-hydrogen) atoms. The first-order chi connectivity index (χ1) is 10.2. The molecule has 6 heteroatoms. The molecule has 1 atom stereocenters. The predicted molar refractivity (Wildman–Crippen MR) is 81.1 cm³/mol. The van der Waals surface area contributed by atoms with Crippen LogP contribution in [-0.2, 0) is 0 Å². The van der Waals surface area contributed by atoms with Gasteiger partial charge in [-0.2, -0.15) is 0 Å². The Morgan fingerprint density at radius 1 is 1.33 bits per heavy atom. The van der Waals surface area contributed by atoms with Crippen LogP contribution >= 0.6 is 15.9 Å². The summed E-state index contributed by atoms with van der Waals surface area (Å²) < 4.78 is 6.56. The van der Waals surface area contributed by atoms with Crippen molar-refractivity contribution >= 4 is 21.8 Å². The van der Waals surface area contributed by atoms with Crippen molar-refractivity contribution in [2.45, 2.75) is 12.5 Å². The number of likely N-dealkylation sites (tertiary alicyclic amines) is 1. The van der Waals surface area contributed by atoms with Crippen molar-refractivity contribution in [1.82, 2.24) is 14.9 Å². The van der Waals surface area contributed by atoms with Gasteiger partial charge in [-0.25, -0.2) is 4.98 Å². The predicted octanol–water partition coefficient (Wildman–Crippen LogP) is 2.53. The van der Waals surface area contributed by atoms with E-state index < -0.39 is 0 Å². The first-order valence-corrected chi connectivity index (χ1v) is 7.50. The monoisotopic (exact) mass is 347 g/mol. The van der Waals surface area contributed by atoms with Gasteiger partial charge in [-0.15, -0.1) is 0 Å². The number of benzene rings is 1. The Kier molecular flexibility index (Phi) is 4.15. The third-order valence-electron chi connectivity index (χ3n) is 3.36. The van der Waals surface area contributed by atoms with Crippen LogP contribution in [0.4, 0.5) is 0 Å².